The van der Waals surface area contributed by atoms with Gasteiger partial charge in [0, 0.05) is 50.4 Å². The third-order valence-corrected chi connectivity index (χ3v) is 9.41. The second-order valence-electron chi connectivity index (χ2n) is 12.6. The van der Waals surface area contributed by atoms with E-state index >= 15 is 4.39 Å². The summed E-state index contributed by atoms with van der Waals surface area (Å²) in [6.07, 6.45) is 5.98. The number of halogens is 1. The monoisotopic (exact) mass is 576 g/mol. The molecule has 42 heavy (non-hydrogen) atoms. The Labute approximate surface area is 246 Å². The normalized spacial score (nSPS) is 25.2. The fraction of sp³-hybridized carbons (Fsp3) is 0.562. The Morgan fingerprint density at radius 3 is 2.79 bits per heavy atom. The lowest BCUT2D eigenvalue weighted by atomic mass is 9.78. The topological polar surface area (TPSA) is 104 Å². The molecule has 2 N–H and O–H groups in total. The Bertz CT molecular complexity index is 1490. The van der Waals surface area contributed by atoms with Crippen LogP contribution in [0.2, 0.25) is 0 Å². The number of benzene rings is 1. The molecule has 10 heteroatoms. The summed E-state index contributed by atoms with van der Waals surface area (Å²) in [5, 5.41) is 14.5. The lowest BCUT2D eigenvalue weighted by Gasteiger charge is -2.39. The average molecular weight is 577 g/mol. The predicted molar refractivity (Wildman–Crippen MR) is 160 cm³/mol. The zero-order chi connectivity index (χ0) is 29.6. The summed E-state index contributed by atoms with van der Waals surface area (Å²) in [5.41, 5.74) is 4.77. The number of piperidine rings is 1. The van der Waals surface area contributed by atoms with Crippen LogP contribution in [-0.2, 0) is 16.1 Å². The number of aliphatic hydroxyl groups excluding tert-OH is 1. The highest BCUT2D eigenvalue weighted by atomic mass is 19.1. The number of carbonyl (C=O) groups is 1. The molecule has 2 aromatic heterocycles. The quantitative estimate of drug-likeness (QED) is 0.449. The van der Waals surface area contributed by atoms with Crippen molar-refractivity contribution in [1.82, 2.24) is 24.8 Å². The number of aromatic nitrogens is 3. The van der Waals surface area contributed by atoms with Crippen molar-refractivity contribution in [2.24, 2.45) is 5.41 Å². The van der Waals surface area contributed by atoms with Crippen LogP contribution in [0.15, 0.2) is 24.5 Å². The lowest BCUT2D eigenvalue weighted by Crippen LogP contribution is -2.47. The second-order valence-corrected chi connectivity index (χ2v) is 12.6. The molecule has 0 saturated carbocycles. The van der Waals surface area contributed by atoms with Crippen LogP contribution < -0.4 is 5.32 Å². The van der Waals surface area contributed by atoms with E-state index in [0.29, 0.717) is 18.6 Å². The average Bonchev–Trinajstić information content (AvgIpc) is 3.23. The Kier molecular flexibility index (Phi) is 7.89. The van der Waals surface area contributed by atoms with Crippen LogP contribution in [0.4, 0.5) is 10.3 Å². The summed E-state index contributed by atoms with van der Waals surface area (Å²) in [4.78, 5) is 30.9. The van der Waals surface area contributed by atoms with Gasteiger partial charge in [0.2, 0.25) is 11.9 Å². The summed E-state index contributed by atoms with van der Waals surface area (Å²) in [6.45, 7) is 10.4. The molecule has 3 saturated heterocycles. The van der Waals surface area contributed by atoms with Crippen molar-refractivity contribution in [2.45, 2.75) is 71.1 Å². The first-order valence-electron chi connectivity index (χ1n) is 15.1. The van der Waals surface area contributed by atoms with Crippen LogP contribution in [0, 0.1) is 18.2 Å². The number of pyridine rings is 1. The van der Waals surface area contributed by atoms with Gasteiger partial charge in [0.25, 0.3) is 0 Å². The number of amides is 1. The fourth-order valence-electron chi connectivity index (χ4n) is 7.22. The molecule has 1 amide bonds. The number of anilines is 1. The largest absolute Gasteiger partial charge is 0.389 e. The molecule has 3 aliphatic heterocycles. The van der Waals surface area contributed by atoms with Crippen LogP contribution in [-0.4, -0.2) is 87.8 Å². The van der Waals surface area contributed by atoms with E-state index in [9.17, 15) is 9.90 Å². The van der Waals surface area contributed by atoms with Crippen LogP contribution >= 0.6 is 0 Å². The maximum Gasteiger partial charge on any atom is 0.229 e. The zero-order valence-corrected chi connectivity index (χ0v) is 25.0. The van der Waals surface area contributed by atoms with Gasteiger partial charge >= 0.3 is 0 Å². The fourth-order valence-corrected chi connectivity index (χ4v) is 7.22. The van der Waals surface area contributed by atoms with Crippen molar-refractivity contribution >= 4 is 22.8 Å². The first-order chi connectivity index (χ1) is 20.2. The van der Waals surface area contributed by atoms with E-state index in [2.05, 4.69) is 34.0 Å². The van der Waals surface area contributed by atoms with Gasteiger partial charge in [-0.1, -0.05) is 19.9 Å². The highest BCUT2D eigenvalue weighted by molar-refractivity contribution is 5.92. The summed E-state index contributed by atoms with van der Waals surface area (Å²) in [5.74, 6) is 0.259. The molecule has 0 unspecified atom stereocenters. The molecular weight excluding hydrogens is 535 g/mol. The Morgan fingerprint density at radius 1 is 1.21 bits per heavy atom. The summed E-state index contributed by atoms with van der Waals surface area (Å²) >= 11 is 0. The van der Waals surface area contributed by atoms with Crippen molar-refractivity contribution in [3.8, 4) is 11.3 Å². The van der Waals surface area contributed by atoms with Crippen molar-refractivity contribution in [1.29, 1.82) is 0 Å². The van der Waals surface area contributed by atoms with Crippen LogP contribution in [0.5, 0.6) is 0 Å². The SMILES string of the molecule is Cc1c(-c2nc(N[C@@H]3CCOC[C@H]3O)ncc2F)ccc2ncc(CN3CCC[C@@]4(CCN(C)C4=O)C3)c(C(C)C)c12. The number of aryl methyl sites for hydroxylation is 1. The maximum atomic E-state index is 15.3. The van der Waals surface area contributed by atoms with Crippen LogP contribution in [0.1, 0.15) is 62.1 Å². The van der Waals surface area contributed by atoms with E-state index in [4.69, 9.17) is 9.72 Å². The molecule has 0 bridgehead atoms. The second kappa shape index (κ2) is 11.5. The minimum absolute atomic E-state index is 0.208. The summed E-state index contributed by atoms with van der Waals surface area (Å²) < 4.78 is 20.6. The number of rotatable bonds is 6. The molecule has 3 aromatic rings. The number of nitrogens with zero attached hydrogens (tertiary/aromatic N) is 5. The van der Waals surface area contributed by atoms with Gasteiger partial charge < -0.3 is 20.1 Å². The maximum absolute atomic E-state index is 15.3. The van der Waals surface area contributed by atoms with Gasteiger partial charge in [0.15, 0.2) is 5.82 Å². The van der Waals surface area contributed by atoms with Gasteiger partial charge in [0.1, 0.15) is 5.69 Å². The summed E-state index contributed by atoms with van der Waals surface area (Å²) in [7, 11) is 1.91. The minimum Gasteiger partial charge on any atom is -0.389 e. The van der Waals surface area contributed by atoms with Crippen LogP contribution in [0.25, 0.3) is 22.2 Å². The number of nitrogens with one attached hydrogen (secondary N) is 1. The molecule has 0 radical (unpaired) electrons. The molecule has 3 aliphatic rings. The molecule has 0 aliphatic carbocycles. The molecule has 224 valence electrons. The van der Waals surface area contributed by atoms with Gasteiger partial charge in [0.05, 0.1) is 35.9 Å². The first-order valence-corrected chi connectivity index (χ1v) is 15.1. The number of ether oxygens (including phenoxy) is 1. The van der Waals surface area contributed by atoms with E-state index in [1.54, 1.807) is 0 Å². The Balaban J connectivity index is 1.35. The van der Waals surface area contributed by atoms with Crippen LogP contribution in [0.3, 0.4) is 0 Å². The number of aliphatic hydroxyl groups is 1. The standard InChI is InChI=1S/C32H41FN6O3/c1-19(2)27-21(16-39-11-5-9-32(18-39)10-12-38(4)30(32)41)14-34-25-7-6-22(20(3)28(25)27)29-23(33)15-35-31(37-29)36-24-8-13-42-17-26(24)40/h6-7,14-15,19,24,26,40H,5,8-13,16-18H2,1-4H3,(H,35,36,37)/t24-,26-,32-/m1/s1. The van der Waals surface area contributed by atoms with E-state index < -0.39 is 11.9 Å². The van der Waals surface area contributed by atoms with Gasteiger partial charge in [-0.25, -0.2) is 14.4 Å². The number of hydrogen-bond donors (Lipinski definition) is 2. The first kappa shape index (κ1) is 28.9. The van der Waals surface area contributed by atoms with Gasteiger partial charge in [-0.05, 0) is 67.8 Å². The van der Waals surface area contributed by atoms with Gasteiger partial charge in [-0.15, -0.1) is 0 Å². The number of likely N-dealkylation sites (tertiary alicyclic amines) is 2. The van der Waals surface area contributed by atoms with Crippen molar-refractivity contribution in [2.75, 3.05) is 45.2 Å². The molecule has 1 aromatic carbocycles. The lowest BCUT2D eigenvalue weighted by molar-refractivity contribution is -0.137. The number of carbonyl (C=O) groups excluding carboxylic acids is 1. The highest BCUT2D eigenvalue weighted by Gasteiger charge is 2.47. The molecule has 3 fully saturated rings. The van der Waals surface area contributed by atoms with Gasteiger partial charge in [-0.3, -0.25) is 14.7 Å². The van der Waals surface area contributed by atoms with Crippen molar-refractivity contribution in [3.05, 3.63) is 47.0 Å². The predicted octanol–water partition coefficient (Wildman–Crippen LogP) is 4.27. The number of hydrogen-bond acceptors (Lipinski definition) is 8. The van der Waals surface area contributed by atoms with E-state index in [1.165, 1.54) is 11.8 Å². The third-order valence-electron chi connectivity index (χ3n) is 9.41. The molecular formula is C32H41FN6O3. The Hall–Kier alpha value is -3.21. The molecule has 1 spiro atoms. The molecule has 3 atom stereocenters. The van der Waals surface area contributed by atoms with E-state index in [0.717, 1.165) is 67.5 Å². The minimum atomic E-state index is -0.682. The Morgan fingerprint density at radius 2 is 2.05 bits per heavy atom. The van der Waals surface area contributed by atoms with Gasteiger partial charge in [-0.2, -0.15) is 0 Å². The number of fused-ring (bicyclic) bond motifs is 1. The highest BCUT2D eigenvalue weighted by Crippen LogP contribution is 2.41. The van der Waals surface area contributed by atoms with Crippen molar-refractivity contribution < 1.29 is 19.0 Å². The van der Waals surface area contributed by atoms with E-state index in [1.807, 2.05) is 37.2 Å². The zero-order valence-electron chi connectivity index (χ0n) is 25.0. The molecule has 6 rings (SSSR count). The van der Waals surface area contributed by atoms with Crippen molar-refractivity contribution in [3.63, 3.8) is 0 Å². The smallest absolute Gasteiger partial charge is 0.229 e. The summed E-state index contributed by atoms with van der Waals surface area (Å²) in [6, 6.07) is 3.55. The van der Waals surface area contributed by atoms with E-state index in [-0.39, 0.29) is 41.5 Å². The molecule has 5 heterocycles. The molecule has 9 nitrogen and oxygen atoms in total. The third kappa shape index (κ3) is 5.24.